The maximum absolute atomic E-state index is 14.0. The third kappa shape index (κ3) is 8.10. The van der Waals surface area contributed by atoms with Crippen molar-refractivity contribution in [1.82, 2.24) is 9.80 Å². The van der Waals surface area contributed by atoms with Gasteiger partial charge in [0, 0.05) is 13.1 Å². The number of benzene rings is 2. The highest BCUT2D eigenvalue weighted by Crippen LogP contribution is 2.49. The van der Waals surface area contributed by atoms with Crippen molar-refractivity contribution in [2.45, 2.75) is 24.9 Å². The minimum atomic E-state index is -0.582. The van der Waals surface area contributed by atoms with Gasteiger partial charge in [-0.25, -0.2) is 0 Å². The van der Waals surface area contributed by atoms with Gasteiger partial charge in [0.15, 0.2) is 23.0 Å². The number of methoxy groups -OCH3 is 4. The van der Waals surface area contributed by atoms with Crippen molar-refractivity contribution < 1.29 is 52.2 Å². The largest absolute Gasteiger partial charge is 0.493 e. The Morgan fingerprint density at radius 3 is 1.17 bits per heavy atom. The molecule has 0 unspecified atom stereocenters. The first-order valence-corrected chi connectivity index (χ1v) is 16.0. The Labute approximate surface area is 275 Å². The Kier molecular flexibility index (Phi) is 12.5. The average Bonchev–Trinajstić information content (AvgIpc) is 3.10. The maximum Gasteiger partial charge on any atom is 0.249 e. The van der Waals surface area contributed by atoms with Gasteiger partial charge in [0.2, 0.25) is 11.8 Å². The highest BCUT2D eigenvalue weighted by molar-refractivity contribution is 5.81. The Bertz CT molecular complexity index is 1270. The van der Waals surface area contributed by atoms with E-state index in [0.29, 0.717) is 88.6 Å². The van der Waals surface area contributed by atoms with Crippen molar-refractivity contribution in [3.63, 3.8) is 0 Å². The number of hydrogen-bond donors (Lipinski definition) is 0. The molecule has 13 heteroatoms. The normalized spacial score (nSPS) is 22.1. The van der Waals surface area contributed by atoms with E-state index in [4.69, 9.17) is 42.6 Å². The van der Waals surface area contributed by atoms with Gasteiger partial charge < -0.3 is 52.4 Å². The summed E-state index contributed by atoms with van der Waals surface area (Å²) in [5.74, 6) is 1.87. The third-order valence-corrected chi connectivity index (χ3v) is 8.72. The maximum atomic E-state index is 14.0. The zero-order valence-corrected chi connectivity index (χ0v) is 27.7. The van der Waals surface area contributed by atoms with E-state index in [2.05, 4.69) is 0 Å². The molecular weight excluding hydrogens is 612 g/mol. The number of carbonyl (C=O) groups is 2. The van der Waals surface area contributed by atoms with Crippen LogP contribution in [0.25, 0.3) is 0 Å². The molecule has 258 valence electrons. The van der Waals surface area contributed by atoms with Crippen molar-refractivity contribution >= 4 is 11.8 Å². The molecule has 0 aliphatic carbocycles. The zero-order chi connectivity index (χ0) is 33.2. The highest BCUT2D eigenvalue weighted by atomic mass is 16.6. The lowest BCUT2D eigenvalue weighted by Crippen LogP contribution is -2.52. The van der Waals surface area contributed by atoms with Gasteiger partial charge in [-0.2, -0.15) is 0 Å². The number of carbonyl (C=O) groups excluding carboxylic acids is 2. The van der Waals surface area contributed by atoms with Crippen LogP contribution in [-0.4, -0.2) is 129 Å². The molecule has 0 bridgehead atoms. The number of hydrogen-bond acceptors (Lipinski definition) is 11. The van der Waals surface area contributed by atoms with E-state index in [1.54, 1.807) is 28.4 Å². The van der Waals surface area contributed by atoms with Crippen LogP contribution in [0, 0.1) is 0 Å². The van der Waals surface area contributed by atoms with Crippen LogP contribution in [0.2, 0.25) is 0 Å². The molecule has 5 rings (SSSR count). The van der Waals surface area contributed by atoms with Gasteiger partial charge in [0.1, 0.15) is 13.2 Å². The molecule has 3 aliphatic rings. The second-order valence-electron chi connectivity index (χ2n) is 11.3. The van der Waals surface area contributed by atoms with Crippen LogP contribution in [-0.2, 0) is 46.1 Å². The molecular formula is C34H46N2O11. The number of fused-ring (bicyclic) bond motifs is 7. The van der Waals surface area contributed by atoms with Gasteiger partial charge in [0.05, 0.1) is 93.4 Å². The van der Waals surface area contributed by atoms with Crippen LogP contribution < -0.4 is 18.9 Å². The van der Waals surface area contributed by atoms with Gasteiger partial charge in [-0.3, -0.25) is 9.59 Å². The minimum Gasteiger partial charge on any atom is -0.493 e. The van der Waals surface area contributed by atoms with Gasteiger partial charge in [-0.15, -0.1) is 0 Å². The summed E-state index contributed by atoms with van der Waals surface area (Å²) in [7, 11) is 6.36. The molecule has 3 aliphatic heterocycles. The van der Waals surface area contributed by atoms with Crippen molar-refractivity contribution in [2.75, 3.05) is 108 Å². The topological polar surface area (TPSA) is 124 Å². The van der Waals surface area contributed by atoms with Crippen LogP contribution in [0.15, 0.2) is 24.3 Å². The Hall–Kier alpha value is -3.62. The van der Waals surface area contributed by atoms with E-state index >= 15 is 0 Å². The summed E-state index contributed by atoms with van der Waals surface area (Å²) in [5, 5.41) is 0. The van der Waals surface area contributed by atoms with Gasteiger partial charge >= 0.3 is 0 Å². The van der Waals surface area contributed by atoms with E-state index < -0.39 is 12.1 Å². The lowest BCUT2D eigenvalue weighted by Gasteiger charge is -2.48. The smallest absolute Gasteiger partial charge is 0.249 e. The fourth-order valence-corrected chi connectivity index (χ4v) is 6.46. The van der Waals surface area contributed by atoms with Crippen molar-refractivity contribution in [3.05, 3.63) is 46.5 Å². The van der Waals surface area contributed by atoms with E-state index in [-0.39, 0.29) is 38.2 Å². The van der Waals surface area contributed by atoms with Crippen LogP contribution in [0.1, 0.15) is 34.3 Å². The molecule has 0 radical (unpaired) electrons. The molecule has 47 heavy (non-hydrogen) atoms. The predicted molar refractivity (Wildman–Crippen MR) is 170 cm³/mol. The Balaban J connectivity index is 1.59. The summed E-state index contributed by atoms with van der Waals surface area (Å²) in [6.45, 7) is 3.36. The van der Waals surface area contributed by atoms with E-state index in [1.165, 1.54) is 0 Å². The summed E-state index contributed by atoms with van der Waals surface area (Å²) in [5.41, 5.74) is 3.74. The van der Waals surface area contributed by atoms with Crippen LogP contribution in [0.4, 0.5) is 0 Å². The van der Waals surface area contributed by atoms with Crippen LogP contribution >= 0.6 is 0 Å². The van der Waals surface area contributed by atoms with Crippen molar-refractivity contribution in [3.8, 4) is 23.0 Å². The minimum absolute atomic E-state index is 0.140. The second kappa shape index (κ2) is 17.0. The fourth-order valence-electron chi connectivity index (χ4n) is 6.46. The number of amides is 2. The van der Waals surface area contributed by atoms with Crippen LogP contribution in [0.5, 0.6) is 23.0 Å². The number of rotatable bonds is 4. The fraction of sp³-hybridized carbons (Fsp3) is 0.588. The second-order valence-corrected chi connectivity index (χ2v) is 11.3. The number of nitrogens with zero attached hydrogens (tertiary/aromatic N) is 2. The molecule has 0 saturated carbocycles. The number of ether oxygens (including phenoxy) is 9. The first-order chi connectivity index (χ1) is 23.0. The summed E-state index contributed by atoms with van der Waals surface area (Å²) >= 11 is 0. The SMILES string of the molecule is COc1cc2c(cc1OC)[C@H]1[C@@H]3c4cc(OC)c(OC)cc4CCN3C(=O)COCCOCCOCCOCCOCC(=O)N1CC2. The highest BCUT2D eigenvalue weighted by Gasteiger charge is 2.44. The molecule has 1 saturated heterocycles. The molecule has 3 heterocycles. The van der Waals surface area contributed by atoms with E-state index in [9.17, 15) is 9.59 Å². The van der Waals surface area contributed by atoms with Crippen LogP contribution in [0.3, 0.4) is 0 Å². The standard InChI is InChI=1S/C34H46N2O11/c1-39-27-17-23-5-7-35-31(37)21-46-15-13-44-11-9-43-10-12-45-14-16-47-22-32(38)36-8-6-24-18-28(40-2)30(42-4)20-26(24)34(36)33(35)25(23)19-29(27)41-3/h17-20,33-34H,5-16,21-22H2,1-4H3/t33-,34-/m0/s1. The molecule has 2 aromatic rings. The van der Waals surface area contributed by atoms with Gasteiger partial charge in [0.25, 0.3) is 0 Å². The van der Waals surface area contributed by atoms with E-state index in [1.807, 2.05) is 34.1 Å². The Morgan fingerprint density at radius 1 is 0.511 bits per heavy atom. The molecule has 1 fully saturated rings. The molecule has 0 spiro atoms. The van der Waals surface area contributed by atoms with Crippen molar-refractivity contribution in [1.29, 1.82) is 0 Å². The monoisotopic (exact) mass is 658 g/mol. The molecule has 2 amide bonds. The average molecular weight is 659 g/mol. The lowest BCUT2D eigenvalue weighted by molar-refractivity contribution is -0.148. The van der Waals surface area contributed by atoms with Crippen molar-refractivity contribution in [2.24, 2.45) is 0 Å². The summed E-state index contributed by atoms with van der Waals surface area (Å²) < 4.78 is 51.0. The van der Waals surface area contributed by atoms with Gasteiger partial charge in [-0.1, -0.05) is 0 Å². The molecule has 0 aromatic heterocycles. The molecule has 2 atom stereocenters. The zero-order valence-electron chi connectivity index (χ0n) is 27.7. The lowest BCUT2D eigenvalue weighted by atomic mass is 9.80. The first-order valence-electron chi connectivity index (χ1n) is 16.0. The predicted octanol–water partition coefficient (Wildman–Crippen LogP) is 2.37. The molecule has 0 N–H and O–H groups in total. The molecule has 2 aromatic carbocycles. The first kappa shape index (κ1) is 34.7. The summed E-state index contributed by atoms with van der Waals surface area (Å²) in [6, 6.07) is 6.59. The molecule has 13 nitrogen and oxygen atoms in total. The Morgan fingerprint density at radius 2 is 0.830 bits per heavy atom. The summed E-state index contributed by atoms with van der Waals surface area (Å²) in [4.78, 5) is 31.7. The third-order valence-electron chi connectivity index (χ3n) is 8.72. The van der Waals surface area contributed by atoms with Gasteiger partial charge in [-0.05, 0) is 59.4 Å². The quantitative estimate of drug-likeness (QED) is 0.481. The van der Waals surface area contributed by atoms with E-state index in [0.717, 1.165) is 22.3 Å². The summed E-state index contributed by atoms with van der Waals surface area (Å²) in [6.07, 6.45) is 1.17.